The minimum atomic E-state index is -0.257. The number of carbonyl (C=O) groups is 3. The minimum absolute atomic E-state index is 0.0391. The van der Waals surface area contributed by atoms with E-state index in [-0.39, 0.29) is 30.2 Å². The Kier molecular flexibility index (Phi) is 6.50. The third-order valence-corrected chi connectivity index (χ3v) is 7.63. The van der Waals surface area contributed by atoms with Crippen molar-refractivity contribution in [3.8, 4) is 5.75 Å². The zero-order chi connectivity index (χ0) is 24.5. The van der Waals surface area contributed by atoms with Gasteiger partial charge in [0.25, 0.3) is 11.8 Å². The van der Waals surface area contributed by atoms with Crippen molar-refractivity contribution < 1.29 is 19.1 Å². The largest absolute Gasteiger partial charge is 0.497 e. The lowest BCUT2D eigenvalue weighted by Gasteiger charge is -2.38. The van der Waals surface area contributed by atoms with Crippen LogP contribution in [0.3, 0.4) is 0 Å². The zero-order valence-electron chi connectivity index (χ0n) is 20.5. The number of likely N-dealkylation sites (tertiary alicyclic amines) is 1. The molecule has 0 radical (unpaired) electrons. The van der Waals surface area contributed by atoms with Crippen molar-refractivity contribution in [3.63, 3.8) is 0 Å². The highest BCUT2D eigenvalue weighted by Gasteiger charge is 2.39. The van der Waals surface area contributed by atoms with E-state index in [0.717, 1.165) is 49.4 Å². The summed E-state index contributed by atoms with van der Waals surface area (Å²) in [5.41, 5.74) is 2.62. The summed E-state index contributed by atoms with van der Waals surface area (Å²) in [5.74, 6) is 1.12. The van der Waals surface area contributed by atoms with Crippen LogP contribution in [0.4, 0.5) is 5.69 Å². The molecule has 0 bridgehead atoms. The van der Waals surface area contributed by atoms with Gasteiger partial charge >= 0.3 is 0 Å². The van der Waals surface area contributed by atoms with E-state index < -0.39 is 0 Å². The van der Waals surface area contributed by atoms with E-state index in [2.05, 4.69) is 11.8 Å². The average Bonchev–Trinajstić information content (AvgIpc) is 3.13. The van der Waals surface area contributed by atoms with E-state index >= 15 is 0 Å². The highest BCUT2D eigenvalue weighted by molar-refractivity contribution is 6.23. The molecule has 3 aliphatic rings. The molecule has 2 aromatic carbocycles. The molecule has 35 heavy (non-hydrogen) atoms. The molecule has 2 aromatic rings. The molecule has 3 heterocycles. The van der Waals surface area contributed by atoms with Crippen LogP contribution < -0.4 is 9.64 Å². The van der Waals surface area contributed by atoms with Crippen LogP contribution in [0.15, 0.2) is 42.5 Å². The molecule has 2 saturated heterocycles. The van der Waals surface area contributed by atoms with Crippen LogP contribution in [-0.4, -0.2) is 60.8 Å². The second-order valence-electron chi connectivity index (χ2n) is 10.0. The Labute approximate surface area is 206 Å². The van der Waals surface area contributed by atoms with Gasteiger partial charge < -0.3 is 14.5 Å². The Balaban J connectivity index is 1.28. The Morgan fingerprint density at radius 2 is 1.71 bits per heavy atom. The van der Waals surface area contributed by atoms with Crippen LogP contribution in [0, 0.1) is 11.8 Å². The average molecular weight is 476 g/mol. The number of benzene rings is 2. The number of anilines is 1. The fourth-order valence-electron chi connectivity index (χ4n) is 5.65. The van der Waals surface area contributed by atoms with Gasteiger partial charge in [0.2, 0.25) is 5.91 Å². The molecule has 0 N–H and O–H groups in total. The monoisotopic (exact) mass is 475 g/mol. The van der Waals surface area contributed by atoms with Crippen molar-refractivity contribution in [2.45, 2.75) is 39.2 Å². The number of rotatable bonds is 5. The molecule has 0 spiro atoms. The first-order valence-corrected chi connectivity index (χ1v) is 12.6. The fourth-order valence-corrected chi connectivity index (χ4v) is 5.65. The smallest absolute Gasteiger partial charge is 0.263 e. The molecule has 5 rings (SSSR count). The summed E-state index contributed by atoms with van der Waals surface area (Å²) in [7, 11) is 1.60. The molecule has 3 aliphatic heterocycles. The second kappa shape index (κ2) is 9.72. The number of carbonyl (C=O) groups excluding carboxylic acids is 3. The van der Waals surface area contributed by atoms with Crippen LogP contribution >= 0.6 is 0 Å². The molecule has 0 unspecified atom stereocenters. The van der Waals surface area contributed by atoms with Gasteiger partial charge in [-0.25, -0.2) is 0 Å². The normalized spacial score (nSPS) is 20.9. The number of imide groups is 1. The first-order chi connectivity index (χ1) is 17.0. The molecule has 3 amide bonds. The van der Waals surface area contributed by atoms with Gasteiger partial charge in [-0.3, -0.25) is 19.3 Å². The third kappa shape index (κ3) is 4.51. The van der Waals surface area contributed by atoms with Crippen LogP contribution in [0.5, 0.6) is 5.75 Å². The van der Waals surface area contributed by atoms with Crippen molar-refractivity contribution in [2.75, 3.05) is 38.2 Å². The number of amides is 3. The lowest BCUT2D eigenvalue weighted by atomic mass is 9.92. The molecule has 0 aromatic heterocycles. The highest BCUT2D eigenvalue weighted by atomic mass is 16.5. The molecular weight excluding hydrogens is 442 g/mol. The summed E-state index contributed by atoms with van der Waals surface area (Å²) in [5, 5.41) is 0. The second-order valence-corrected chi connectivity index (χ2v) is 10.0. The number of ether oxygens (including phenoxy) is 1. The van der Waals surface area contributed by atoms with Crippen molar-refractivity contribution in [1.82, 2.24) is 9.80 Å². The topological polar surface area (TPSA) is 70.2 Å². The third-order valence-electron chi connectivity index (χ3n) is 7.63. The van der Waals surface area contributed by atoms with Gasteiger partial charge in [0, 0.05) is 32.1 Å². The van der Waals surface area contributed by atoms with Crippen molar-refractivity contribution in [2.24, 2.45) is 11.8 Å². The van der Waals surface area contributed by atoms with Crippen molar-refractivity contribution in [3.05, 3.63) is 59.2 Å². The summed E-state index contributed by atoms with van der Waals surface area (Å²) in [4.78, 5) is 45.1. The number of nitrogens with zero attached hydrogens (tertiary/aromatic N) is 3. The predicted octanol–water partition coefficient (Wildman–Crippen LogP) is 3.97. The fraction of sp³-hybridized carbons (Fsp3) is 0.464. The van der Waals surface area contributed by atoms with Gasteiger partial charge in [-0.2, -0.15) is 0 Å². The number of hydrogen-bond donors (Lipinski definition) is 0. The zero-order valence-corrected chi connectivity index (χ0v) is 20.5. The number of methoxy groups -OCH3 is 1. The van der Waals surface area contributed by atoms with Crippen molar-refractivity contribution in [1.29, 1.82) is 0 Å². The van der Waals surface area contributed by atoms with Gasteiger partial charge in [-0.1, -0.05) is 25.1 Å². The highest BCUT2D eigenvalue weighted by Crippen LogP contribution is 2.35. The molecular formula is C28H33N3O4. The first kappa shape index (κ1) is 23.4. The Bertz CT molecular complexity index is 1120. The Hall–Kier alpha value is -3.35. The SMILES string of the molecule is COc1ccc(CN2C(=O)c3cccc(N4CCC(C(=O)N5CCC[C@H](C)C5)CC4)c3C2=O)cc1. The van der Waals surface area contributed by atoms with Crippen LogP contribution in [-0.2, 0) is 11.3 Å². The maximum absolute atomic E-state index is 13.4. The minimum Gasteiger partial charge on any atom is -0.497 e. The lowest BCUT2D eigenvalue weighted by Crippen LogP contribution is -2.46. The first-order valence-electron chi connectivity index (χ1n) is 12.6. The van der Waals surface area contributed by atoms with E-state index in [1.165, 1.54) is 11.3 Å². The van der Waals surface area contributed by atoms with Crippen LogP contribution in [0.2, 0.25) is 0 Å². The summed E-state index contributed by atoms with van der Waals surface area (Å²) in [6.07, 6.45) is 3.82. The quantitative estimate of drug-likeness (QED) is 0.612. The number of piperidine rings is 2. The summed E-state index contributed by atoms with van der Waals surface area (Å²) >= 11 is 0. The summed E-state index contributed by atoms with van der Waals surface area (Å²) in [6, 6.07) is 12.9. The number of fused-ring (bicyclic) bond motifs is 1. The standard InChI is InChI=1S/C28H33N3O4/c1-19-5-4-14-30(17-19)26(32)21-12-15-29(16-13-21)24-7-3-6-23-25(24)28(34)31(27(23)33)18-20-8-10-22(35-2)11-9-20/h3,6-11,19,21H,4-5,12-18H2,1-2H3/t19-/m0/s1. The van der Waals surface area contributed by atoms with Crippen LogP contribution in [0.1, 0.15) is 58.9 Å². The van der Waals surface area contributed by atoms with E-state index in [4.69, 9.17) is 4.74 Å². The molecule has 2 fully saturated rings. The van der Waals surface area contributed by atoms with Gasteiger partial charge in [0.05, 0.1) is 30.5 Å². The molecule has 0 aliphatic carbocycles. The maximum Gasteiger partial charge on any atom is 0.263 e. The van der Waals surface area contributed by atoms with E-state index in [0.29, 0.717) is 30.1 Å². The van der Waals surface area contributed by atoms with E-state index in [9.17, 15) is 14.4 Å². The molecule has 0 saturated carbocycles. The van der Waals surface area contributed by atoms with Gasteiger partial charge in [0.1, 0.15) is 5.75 Å². The Morgan fingerprint density at radius 1 is 0.971 bits per heavy atom. The van der Waals surface area contributed by atoms with Crippen molar-refractivity contribution >= 4 is 23.4 Å². The Morgan fingerprint density at radius 3 is 2.40 bits per heavy atom. The predicted molar refractivity (Wildman–Crippen MR) is 134 cm³/mol. The maximum atomic E-state index is 13.4. The molecule has 7 nitrogen and oxygen atoms in total. The van der Waals surface area contributed by atoms with E-state index in [1.54, 1.807) is 13.2 Å². The molecule has 184 valence electrons. The van der Waals surface area contributed by atoms with Gasteiger partial charge in [0.15, 0.2) is 0 Å². The summed E-state index contributed by atoms with van der Waals surface area (Å²) < 4.78 is 5.20. The van der Waals surface area contributed by atoms with Crippen LogP contribution in [0.25, 0.3) is 0 Å². The van der Waals surface area contributed by atoms with E-state index in [1.807, 2.05) is 41.3 Å². The lowest BCUT2D eigenvalue weighted by molar-refractivity contribution is -0.137. The number of hydrogen-bond acceptors (Lipinski definition) is 5. The summed E-state index contributed by atoms with van der Waals surface area (Å²) in [6.45, 7) is 5.59. The molecule has 7 heteroatoms. The molecule has 1 atom stereocenters. The van der Waals surface area contributed by atoms with Gasteiger partial charge in [-0.05, 0) is 61.4 Å². The van der Waals surface area contributed by atoms with Gasteiger partial charge in [-0.15, -0.1) is 0 Å².